The third-order valence-electron chi connectivity index (χ3n) is 4.39. The minimum absolute atomic E-state index is 0.251. The summed E-state index contributed by atoms with van der Waals surface area (Å²) in [7, 11) is 0. The van der Waals surface area contributed by atoms with Crippen LogP contribution >= 0.6 is 11.6 Å². The molecule has 0 N–H and O–H groups in total. The van der Waals surface area contributed by atoms with Gasteiger partial charge in [0.25, 0.3) is 0 Å². The molecular weight excluding hydrogens is 327 g/mol. The maximum absolute atomic E-state index is 13.5. The summed E-state index contributed by atoms with van der Waals surface area (Å²) in [5, 5.41) is 5.68. The van der Waals surface area contributed by atoms with Crippen molar-refractivity contribution in [3.05, 3.63) is 59.1 Å². The minimum Gasteiger partial charge on any atom is -0.218 e. The molecule has 1 fully saturated rings. The summed E-state index contributed by atoms with van der Waals surface area (Å²) < 4.78 is 15.1. The second-order valence-corrected chi connectivity index (χ2v) is 6.42. The summed E-state index contributed by atoms with van der Waals surface area (Å²) in [6.07, 6.45) is 2.36. The first kappa shape index (κ1) is 13.9. The molecule has 1 aliphatic carbocycles. The highest BCUT2D eigenvalue weighted by Gasteiger charge is 2.27. The van der Waals surface area contributed by atoms with Crippen molar-refractivity contribution in [2.45, 2.75) is 18.8 Å². The zero-order valence-corrected chi connectivity index (χ0v) is 13.3. The van der Waals surface area contributed by atoms with Crippen molar-refractivity contribution in [2.24, 2.45) is 0 Å². The van der Waals surface area contributed by atoms with E-state index in [2.05, 4.69) is 21.1 Å². The lowest BCUT2D eigenvalue weighted by Crippen LogP contribution is -1.97. The van der Waals surface area contributed by atoms with E-state index < -0.39 is 0 Å². The zero-order valence-electron chi connectivity index (χ0n) is 12.6. The summed E-state index contributed by atoms with van der Waals surface area (Å²) in [4.78, 5) is 9.10. The molecule has 118 valence electrons. The molecule has 0 bridgehead atoms. The molecule has 0 atom stereocenters. The van der Waals surface area contributed by atoms with Crippen molar-refractivity contribution in [2.75, 3.05) is 0 Å². The average Bonchev–Trinajstić information content (AvgIpc) is 3.32. The molecule has 0 aliphatic heterocycles. The molecule has 6 heteroatoms. The Morgan fingerprint density at radius 1 is 1.08 bits per heavy atom. The quantitative estimate of drug-likeness (QED) is 0.501. The fraction of sp³-hybridized carbons (Fsp3) is 0.167. The number of hydrogen-bond donors (Lipinski definition) is 0. The van der Waals surface area contributed by atoms with Gasteiger partial charge in [0.15, 0.2) is 11.5 Å². The Morgan fingerprint density at radius 3 is 2.71 bits per heavy atom. The van der Waals surface area contributed by atoms with Gasteiger partial charge in [-0.05, 0) is 54.1 Å². The van der Waals surface area contributed by atoms with Crippen molar-refractivity contribution >= 4 is 28.2 Å². The van der Waals surface area contributed by atoms with Gasteiger partial charge >= 0.3 is 0 Å². The first-order chi connectivity index (χ1) is 11.7. The molecule has 4 aromatic rings. The molecule has 2 heterocycles. The van der Waals surface area contributed by atoms with E-state index in [0.717, 1.165) is 10.9 Å². The summed E-state index contributed by atoms with van der Waals surface area (Å²) in [5.41, 5.74) is 3.34. The number of rotatable bonds is 2. The second-order valence-electron chi connectivity index (χ2n) is 6.08. The maximum atomic E-state index is 13.5. The van der Waals surface area contributed by atoms with Gasteiger partial charge in [0.05, 0.1) is 5.52 Å². The van der Waals surface area contributed by atoms with Crippen molar-refractivity contribution in [3.63, 3.8) is 0 Å². The lowest BCUT2D eigenvalue weighted by molar-refractivity contribution is 0.628. The Kier molecular flexibility index (Phi) is 2.88. The van der Waals surface area contributed by atoms with Crippen LogP contribution in [-0.2, 0) is 0 Å². The van der Waals surface area contributed by atoms with Gasteiger partial charge in [0, 0.05) is 10.9 Å². The van der Waals surface area contributed by atoms with Crippen LogP contribution in [0, 0.1) is 5.82 Å². The number of hydrogen-bond acceptors (Lipinski definition) is 3. The molecule has 2 aromatic carbocycles. The van der Waals surface area contributed by atoms with E-state index >= 15 is 0 Å². The molecule has 4 nitrogen and oxygen atoms in total. The highest BCUT2D eigenvalue weighted by molar-refractivity contribution is 6.29. The molecule has 5 rings (SSSR count). The average molecular weight is 339 g/mol. The predicted molar refractivity (Wildman–Crippen MR) is 90.7 cm³/mol. The van der Waals surface area contributed by atoms with Crippen LogP contribution in [0.1, 0.15) is 24.3 Å². The molecule has 24 heavy (non-hydrogen) atoms. The Morgan fingerprint density at radius 2 is 1.92 bits per heavy atom. The largest absolute Gasteiger partial charge is 0.226 e. The van der Waals surface area contributed by atoms with E-state index in [0.29, 0.717) is 23.0 Å². The van der Waals surface area contributed by atoms with Crippen LogP contribution in [0.2, 0.25) is 5.28 Å². The van der Waals surface area contributed by atoms with E-state index in [1.54, 1.807) is 12.1 Å². The monoisotopic (exact) mass is 338 g/mol. The van der Waals surface area contributed by atoms with Gasteiger partial charge in [-0.1, -0.05) is 24.3 Å². The standard InChI is InChI=1S/C18H12ClFN4/c19-18-21-14-6-2-5-13(10-7-8-10)15(14)17-22-16(23-24(17)18)11-3-1-4-12(20)9-11/h1-6,9-10H,7-8H2. The summed E-state index contributed by atoms with van der Waals surface area (Å²) in [6, 6.07) is 12.3. The third-order valence-corrected chi connectivity index (χ3v) is 4.64. The molecule has 0 unspecified atom stereocenters. The fourth-order valence-corrected chi connectivity index (χ4v) is 3.34. The molecule has 1 saturated carbocycles. The molecule has 0 spiro atoms. The van der Waals surface area contributed by atoms with Gasteiger partial charge in [0.1, 0.15) is 5.82 Å². The molecule has 0 saturated heterocycles. The Balaban J connectivity index is 1.85. The SMILES string of the molecule is Fc1cccc(-c2nc3c4c(C5CC5)cccc4nc(Cl)n3n2)c1. The van der Waals surface area contributed by atoms with E-state index in [9.17, 15) is 4.39 Å². The summed E-state index contributed by atoms with van der Waals surface area (Å²) in [5.74, 6) is 0.671. The smallest absolute Gasteiger partial charge is 0.218 e. The second kappa shape index (κ2) is 4.98. The lowest BCUT2D eigenvalue weighted by atomic mass is 10.1. The van der Waals surface area contributed by atoms with Crippen LogP contribution in [0.5, 0.6) is 0 Å². The molecular formula is C18H12ClFN4. The zero-order chi connectivity index (χ0) is 16.3. The Hall–Kier alpha value is -2.53. The Bertz CT molecular complexity index is 1100. The van der Waals surface area contributed by atoms with Crippen LogP contribution in [-0.4, -0.2) is 19.6 Å². The van der Waals surface area contributed by atoms with Gasteiger partial charge in [-0.2, -0.15) is 4.52 Å². The van der Waals surface area contributed by atoms with Crippen LogP contribution < -0.4 is 0 Å². The molecule has 0 amide bonds. The van der Waals surface area contributed by atoms with E-state index in [1.807, 2.05) is 12.1 Å². The van der Waals surface area contributed by atoms with E-state index in [-0.39, 0.29) is 11.1 Å². The number of halogens is 2. The number of nitrogens with zero attached hydrogens (tertiary/aromatic N) is 4. The van der Waals surface area contributed by atoms with Gasteiger partial charge in [-0.3, -0.25) is 0 Å². The fourth-order valence-electron chi connectivity index (χ4n) is 3.13. The van der Waals surface area contributed by atoms with Crippen molar-refractivity contribution in [3.8, 4) is 11.4 Å². The highest BCUT2D eigenvalue weighted by atomic mass is 35.5. The van der Waals surface area contributed by atoms with E-state index in [1.165, 1.54) is 35.1 Å². The first-order valence-corrected chi connectivity index (χ1v) is 8.19. The van der Waals surface area contributed by atoms with Crippen molar-refractivity contribution in [1.82, 2.24) is 19.6 Å². The number of fused-ring (bicyclic) bond motifs is 3. The topological polar surface area (TPSA) is 43.1 Å². The van der Waals surface area contributed by atoms with Gasteiger partial charge in [-0.25, -0.2) is 14.4 Å². The lowest BCUT2D eigenvalue weighted by Gasteiger charge is -2.06. The third kappa shape index (κ3) is 2.08. The molecule has 1 aliphatic rings. The predicted octanol–water partition coefficient (Wildman–Crippen LogP) is 4.61. The highest BCUT2D eigenvalue weighted by Crippen LogP contribution is 2.44. The minimum atomic E-state index is -0.320. The maximum Gasteiger partial charge on any atom is 0.226 e. The normalized spacial score (nSPS) is 14.6. The Labute approximate surface area is 141 Å². The van der Waals surface area contributed by atoms with Gasteiger partial charge in [-0.15, -0.1) is 5.10 Å². The molecule has 0 radical (unpaired) electrons. The van der Waals surface area contributed by atoms with Crippen LogP contribution in [0.15, 0.2) is 42.5 Å². The van der Waals surface area contributed by atoms with Crippen LogP contribution in [0.4, 0.5) is 4.39 Å². The van der Waals surface area contributed by atoms with Crippen LogP contribution in [0.25, 0.3) is 27.9 Å². The van der Waals surface area contributed by atoms with Crippen LogP contribution in [0.3, 0.4) is 0 Å². The van der Waals surface area contributed by atoms with Gasteiger partial charge < -0.3 is 0 Å². The summed E-state index contributed by atoms with van der Waals surface area (Å²) in [6.45, 7) is 0. The van der Waals surface area contributed by atoms with E-state index in [4.69, 9.17) is 11.6 Å². The number of aromatic nitrogens is 4. The summed E-state index contributed by atoms with van der Waals surface area (Å²) >= 11 is 6.29. The molecule has 2 aromatic heterocycles. The number of benzene rings is 2. The first-order valence-electron chi connectivity index (χ1n) is 7.81. The van der Waals surface area contributed by atoms with Crippen molar-refractivity contribution < 1.29 is 4.39 Å². The van der Waals surface area contributed by atoms with Gasteiger partial charge in [0.2, 0.25) is 5.28 Å². The van der Waals surface area contributed by atoms with Crippen molar-refractivity contribution in [1.29, 1.82) is 0 Å².